The van der Waals surface area contributed by atoms with E-state index in [1.165, 1.54) is 0 Å². The predicted octanol–water partition coefficient (Wildman–Crippen LogP) is 1.95. The van der Waals surface area contributed by atoms with Crippen molar-refractivity contribution in [2.75, 3.05) is 0 Å². The smallest absolute Gasteiger partial charge is 0.135 e. The number of carbonyl (C=O) groups excluding carboxylic acids is 1. The van der Waals surface area contributed by atoms with E-state index < -0.39 is 8.07 Å². The summed E-state index contributed by atoms with van der Waals surface area (Å²) >= 11 is 0. The molecule has 1 rings (SSSR count). The van der Waals surface area contributed by atoms with Gasteiger partial charge in [-0.1, -0.05) is 19.6 Å². The second-order valence-corrected chi connectivity index (χ2v) is 9.79. The van der Waals surface area contributed by atoms with Gasteiger partial charge in [-0.05, 0) is 0 Å². The summed E-state index contributed by atoms with van der Waals surface area (Å²) in [4.78, 5) is 10.8. The first-order chi connectivity index (χ1) is 4.91. The fraction of sp³-hybridized carbons (Fsp3) is 0.750. The molecule has 0 spiro atoms. The standard InChI is InChI=1S/C8H13NOSi/c1-11(2,3)8(6-9)4-7(10)5-8/h4-5H2,1-3H3. The van der Waals surface area contributed by atoms with Gasteiger partial charge < -0.3 is 0 Å². The second-order valence-electron chi connectivity index (χ2n) is 4.34. The molecule has 0 aromatic rings. The van der Waals surface area contributed by atoms with Crippen LogP contribution in [-0.4, -0.2) is 13.9 Å². The Morgan fingerprint density at radius 1 is 1.45 bits per heavy atom. The molecule has 60 valence electrons. The van der Waals surface area contributed by atoms with Crippen LogP contribution in [-0.2, 0) is 4.79 Å². The van der Waals surface area contributed by atoms with Gasteiger partial charge in [0.2, 0.25) is 0 Å². The normalized spacial score (nSPS) is 22.2. The number of hydrogen-bond donors (Lipinski definition) is 0. The number of Topliss-reactive ketones (excluding diaryl/α,β-unsaturated/α-hetero) is 1. The highest BCUT2D eigenvalue weighted by Crippen LogP contribution is 2.52. The Morgan fingerprint density at radius 3 is 2.00 bits per heavy atom. The van der Waals surface area contributed by atoms with Gasteiger partial charge in [-0.25, -0.2) is 0 Å². The van der Waals surface area contributed by atoms with E-state index >= 15 is 0 Å². The van der Waals surface area contributed by atoms with Crippen molar-refractivity contribution in [2.24, 2.45) is 0 Å². The second kappa shape index (κ2) is 2.18. The molecule has 0 radical (unpaired) electrons. The Morgan fingerprint density at radius 2 is 1.91 bits per heavy atom. The van der Waals surface area contributed by atoms with E-state index in [4.69, 9.17) is 5.26 Å². The van der Waals surface area contributed by atoms with Crippen molar-refractivity contribution < 1.29 is 4.79 Å². The largest absolute Gasteiger partial charge is 0.300 e. The Hall–Kier alpha value is -0.623. The van der Waals surface area contributed by atoms with Crippen molar-refractivity contribution in [1.29, 1.82) is 5.26 Å². The van der Waals surface area contributed by atoms with Crippen LogP contribution in [0.3, 0.4) is 0 Å². The van der Waals surface area contributed by atoms with Crippen LogP contribution in [0, 0.1) is 11.3 Å². The molecular formula is C8H13NOSi. The van der Waals surface area contributed by atoms with E-state index in [0.717, 1.165) is 0 Å². The van der Waals surface area contributed by atoms with E-state index in [2.05, 4.69) is 25.7 Å². The third kappa shape index (κ3) is 1.12. The SMILES string of the molecule is C[Si](C)(C)C1(C#N)CC(=O)C1. The number of rotatable bonds is 1. The van der Waals surface area contributed by atoms with E-state index in [9.17, 15) is 4.79 Å². The minimum absolute atomic E-state index is 0.232. The molecule has 1 saturated carbocycles. The Labute approximate surface area is 68.2 Å². The van der Waals surface area contributed by atoms with E-state index in [1.54, 1.807) is 0 Å². The third-order valence-electron chi connectivity index (χ3n) is 2.65. The molecule has 3 heteroatoms. The van der Waals surface area contributed by atoms with Crippen LogP contribution < -0.4 is 0 Å². The molecule has 11 heavy (non-hydrogen) atoms. The van der Waals surface area contributed by atoms with Crippen molar-refractivity contribution in [3.8, 4) is 6.07 Å². The zero-order valence-corrected chi connectivity index (χ0v) is 8.27. The van der Waals surface area contributed by atoms with Crippen molar-refractivity contribution >= 4 is 13.9 Å². The molecule has 0 aromatic carbocycles. The molecular weight excluding hydrogens is 154 g/mol. The average molecular weight is 167 g/mol. The van der Waals surface area contributed by atoms with Gasteiger partial charge in [0.1, 0.15) is 5.78 Å². The lowest BCUT2D eigenvalue weighted by atomic mass is 9.84. The predicted molar refractivity (Wildman–Crippen MR) is 45.9 cm³/mol. The highest BCUT2D eigenvalue weighted by Gasteiger charge is 2.53. The molecule has 0 bridgehead atoms. The molecule has 0 amide bonds. The summed E-state index contributed by atoms with van der Waals surface area (Å²) in [5, 5.41) is 8.69. The van der Waals surface area contributed by atoms with Crippen LogP contribution in [0.25, 0.3) is 0 Å². The van der Waals surface area contributed by atoms with Crippen LogP contribution in [0.2, 0.25) is 24.7 Å². The fourth-order valence-corrected chi connectivity index (χ4v) is 3.19. The van der Waals surface area contributed by atoms with Gasteiger partial charge in [-0.3, -0.25) is 4.79 Å². The van der Waals surface area contributed by atoms with Gasteiger partial charge in [0, 0.05) is 12.8 Å². The summed E-state index contributed by atoms with van der Waals surface area (Å²) in [5.41, 5.74) is 0. The van der Waals surface area contributed by atoms with Crippen molar-refractivity contribution in [2.45, 2.75) is 37.5 Å². The minimum atomic E-state index is -1.45. The molecule has 1 aliphatic carbocycles. The lowest BCUT2D eigenvalue weighted by Gasteiger charge is -2.43. The van der Waals surface area contributed by atoms with Crippen molar-refractivity contribution in [3.63, 3.8) is 0 Å². The lowest BCUT2D eigenvalue weighted by molar-refractivity contribution is -0.125. The van der Waals surface area contributed by atoms with E-state index in [1.807, 2.05) is 0 Å². The summed E-state index contributed by atoms with van der Waals surface area (Å²) < 4.78 is 0. The molecule has 0 unspecified atom stereocenters. The van der Waals surface area contributed by atoms with Crippen LogP contribution in [0.5, 0.6) is 0 Å². The molecule has 2 nitrogen and oxygen atoms in total. The zero-order valence-electron chi connectivity index (χ0n) is 7.27. The number of hydrogen-bond acceptors (Lipinski definition) is 2. The average Bonchev–Trinajstić information content (AvgIpc) is 1.77. The van der Waals surface area contributed by atoms with Crippen molar-refractivity contribution in [1.82, 2.24) is 0 Å². The topological polar surface area (TPSA) is 40.9 Å². The van der Waals surface area contributed by atoms with E-state index in [0.29, 0.717) is 12.8 Å². The van der Waals surface area contributed by atoms with Crippen LogP contribution in [0.4, 0.5) is 0 Å². The first-order valence-electron chi connectivity index (χ1n) is 3.84. The van der Waals surface area contributed by atoms with Gasteiger partial charge in [0.15, 0.2) is 0 Å². The number of nitrogens with zero attached hydrogens (tertiary/aromatic N) is 1. The molecule has 1 fully saturated rings. The maximum atomic E-state index is 10.8. The van der Waals surface area contributed by atoms with Gasteiger partial charge >= 0.3 is 0 Å². The lowest BCUT2D eigenvalue weighted by Crippen LogP contribution is -2.47. The molecule has 0 N–H and O–H groups in total. The van der Waals surface area contributed by atoms with Crippen molar-refractivity contribution in [3.05, 3.63) is 0 Å². The number of nitriles is 1. The fourth-order valence-electron chi connectivity index (χ4n) is 1.40. The molecule has 0 heterocycles. The van der Waals surface area contributed by atoms with Gasteiger partial charge in [0.05, 0.1) is 19.2 Å². The Balaban J connectivity index is 2.83. The first-order valence-corrected chi connectivity index (χ1v) is 7.34. The minimum Gasteiger partial charge on any atom is -0.300 e. The molecule has 0 atom stereocenters. The van der Waals surface area contributed by atoms with Gasteiger partial charge in [-0.2, -0.15) is 5.26 Å². The monoisotopic (exact) mass is 167 g/mol. The van der Waals surface area contributed by atoms with Crippen LogP contribution in [0.1, 0.15) is 12.8 Å². The third-order valence-corrected chi connectivity index (χ3v) is 5.98. The maximum Gasteiger partial charge on any atom is 0.135 e. The summed E-state index contributed by atoms with van der Waals surface area (Å²) in [6.45, 7) is 6.47. The number of carbonyl (C=O) groups is 1. The summed E-state index contributed by atoms with van der Waals surface area (Å²) in [5.74, 6) is 0.258. The quantitative estimate of drug-likeness (QED) is 0.560. The molecule has 1 aliphatic rings. The molecule has 0 saturated heterocycles. The molecule has 0 aromatic heterocycles. The maximum absolute atomic E-state index is 10.8. The summed E-state index contributed by atoms with van der Waals surface area (Å²) in [6, 6.07) is 2.33. The highest BCUT2D eigenvalue weighted by atomic mass is 28.3. The summed E-state index contributed by atoms with van der Waals surface area (Å²) in [7, 11) is -1.45. The van der Waals surface area contributed by atoms with E-state index in [-0.39, 0.29) is 10.8 Å². The highest BCUT2D eigenvalue weighted by molar-refractivity contribution is 6.81. The summed E-state index contributed by atoms with van der Waals surface area (Å²) in [6.07, 6.45) is 1.03. The van der Waals surface area contributed by atoms with Crippen LogP contribution >= 0.6 is 0 Å². The van der Waals surface area contributed by atoms with Crippen LogP contribution in [0.15, 0.2) is 0 Å². The Kier molecular flexibility index (Phi) is 1.68. The Bertz CT molecular complexity index is 225. The number of ketones is 1. The molecule has 0 aliphatic heterocycles. The van der Waals surface area contributed by atoms with Gasteiger partial charge in [-0.15, -0.1) is 0 Å². The zero-order chi connectivity index (χ0) is 8.70. The first kappa shape index (κ1) is 8.47. The van der Waals surface area contributed by atoms with Gasteiger partial charge in [0.25, 0.3) is 0 Å².